The SMILES string of the molecule is CC1=NC(=C(C)C)C(=O)O1. The Labute approximate surface area is 59.4 Å². The van der Waals surface area contributed by atoms with Crippen LogP contribution in [0.25, 0.3) is 0 Å². The number of carbonyl (C=O) groups is 1. The highest BCUT2D eigenvalue weighted by molar-refractivity contribution is 6.04. The fraction of sp³-hybridized carbons (Fsp3) is 0.429. The fourth-order valence-corrected chi connectivity index (χ4v) is 0.724. The molecule has 10 heavy (non-hydrogen) atoms. The van der Waals surface area contributed by atoms with E-state index in [9.17, 15) is 4.79 Å². The molecule has 3 heteroatoms. The monoisotopic (exact) mass is 139 g/mol. The van der Waals surface area contributed by atoms with Crippen molar-refractivity contribution < 1.29 is 9.53 Å². The summed E-state index contributed by atoms with van der Waals surface area (Å²) in [5.41, 5.74) is 1.33. The Balaban J connectivity index is 3.01. The van der Waals surface area contributed by atoms with Crippen LogP contribution in [-0.4, -0.2) is 11.9 Å². The molecule has 1 aliphatic heterocycles. The number of rotatable bonds is 0. The van der Waals surface area contributed by atoms with Gasteiger partial charge in [0.1, 0.15) is 0 Å². The quantitative estimate of drug-likeness (QED) is 0.374. The Morgan fingerprint density at radius 3 is 2.30 bits per heavy atom. The Morgan fingerprint density at radius 1 is 1.50 bits per heavy atom. The Hall–Kier alpha value is -1.12. The number of esters is 1. The standard InChI is InChI=1S/C7H9NO2/c1-4(2)6-7(9)10-5(3)8-6/h1-3H3. The second-order valence-electron chi connectivity index (χ2n) is 2.37. The smallest absolute Gasteiger partial charge is 0.363 e. The normalized spacial score (nSPS) is 16.9. The van der Waals surface area contributed by atoms with Gasteiger partial charge in [-0.15, -0.1) is 0 Å². The van der Waals surface area contributed by atoms with Crippen molar-refractivity contribution in [2.45, 2.75) is 20.8 Å². The summed E-state index contributed by atoms with van der Waals surface area (Å²) < 4.78 is 4.69. The van der Waals surface area contributed by atoms with Gasteiger partial charge in [-0.3, -0.25) is 0 Å². The number of hydrogen-bond acceptors (Lipinski definition) is 3. The molecule has 0 bridgehead atoms. The van der Waals surface area contributed by atoms with E-state index in [-0.39, 0.29) is 5.97 Å². The maximum Gasteiger partial charge on any atom is 0.363 e. The lowest BCUT2D eigenvalue weighted by Crippen LogP contribution is -2.00. The lowest BCUT2D eigenvalue weighted by molar-refractivity contribution is -0.130. The van der Waals surface area contributed by atoms with E-state index in [4.69, 9.17) is 0 Å². The zero-order valence-electron chi connectivity index (χ0n) is 6.26. The van der Waals surface area contributed by atoms with Gasteiger partial charge in [0.05, 0.1) is 0 Å². The molecule has 0 radical (unpaired) electrons. The number of ether oxygens (including phenoxy) is 1. The van der Waals surface area contributed by atoms with Gasteiger partial charge in [-0.2, -0.15) is 0 Å². The maximum absolute atomic E-state index is 10.8. The fourth-order valence-electron chi connectivity index (χ4n) is 0.724. The number of carbonyl (C=O) groups excluding carboxylic acids is 1. The third-order valence-electron chi connectivity index (χ3n) is 1.18. The van der Waals surface area contributed by atoms with Gasteiger partial charge >= 0.3 is 5.97 Å². The second-order valence-corrected chi connectivity index (χ2v) is 2.37. The van der Waals surface area contributed by atoms with Crippen LogP contribution < -0.4 is 0 Å². The molecule has 3 nitrogen and oxygen atoms in total. The number of cyclic esters (lactones) is 1. The van der Waals surface area contributed by atoms with Gasteiger partial charge < -0.3 is 4.74 Å². The highest BCUT2D eigenvalue weighted by atomic mass is 16.6. The van der Waals surface area contributed by atoms with E-state index in [1.165, 1.54) is 0 Å². The van der Waals surface area contributed by atoms with E-state index in [0.29, 0.717) is 11.6 Å². The van der Waals surface area contributed by atoms with Gasteiger partial charge in [0, 0.05) is 6.92 Å². The maximum atomic E-state index is 10.8. The molecule has 1 heterocycles. The molecular weight excluding hydrogens is 130 g/mol. The van der Waals surface area contributed by atoms with Crippen molar-refractivity contribution in [3.63, 3.8) is 0 Å². The number of allylic oxidation sites excluding steroid dienone is 1. The number of hydrogen-bond donors (Lipinski definition) is 0. The average molecular weight is 139 g/mol. The van der Waals surface area contributed by atoms with Gasteiger partial charge in [-0.25, -0.2) is 9.79 Å². The van der Waals surface area contributed by atoms with E-state index >= 15 is 0 Å². The molecule has 54 valence electrons. The lowest BCUT2D eigenvalue weighted by Gasteiger charge is -1.90. The molecule has 0 unspecified atom stereocenters. The van der Waals surface area contributed by atoms with Crippen LogP contribution in [0.15, 0.2) is 16.3 Å². The topological polar surface area (TPSA) is 38.7 Å². The summed E-state index contributed by atoms with van der Waals surface area (Å²) in [5, 5.41) is 0. The summed E-state index contributed by atoms with van der Waals surface area (Å²) in [4.78, 5) is 14.7. The van der Waals surface area contributed by atoms with Gasteiger partial charge in [0.25, 0.3) is 0 Å². The molecule has 0 spiro atoms. The van der Waals surface area contributed by atoms with Crippen LogP contribution in [-0.2, 0) is 9.53 Å². The molecule has 0 aromatic heterocycles. The zero-order chi connectivity index (χ0) is 7.72. The molecule has 0 N–H and O–H groups in total. The summed E-state index contributed by atoms with van der Waals surface area (Å²) in [6.07, 6.45) is 0. The van der Waals surface area contributed by atoms with Gasteiger partial charge in [-0.05, 0) is 19.4 Å². The molecule has 0 aliphatic carbocycles. The highest BCUT2D eigenvalue weighted by Crippen LogP contribution is 2.13. The van der Waals surface area contributed by atoms with Crippen molar-refractivity contribution in [3.8, 4) is 0 Å². The molecule has 0 saturated heterocycles. The van der Waals surface area contributed by atoms with Crippen LogP contribution in [0.4, 0.5) is 0 Å². The minimum atomic E-state index is -0.336. The van der Waals surface area contributed by atoms with Crippen LogP contribution in [0.1, 0.15) is 20.8 Å². The third kappa shape index (κ3) is 1.07. The summed E-state index contributed by atoms with van der Waals surface area (Å²) in [5.74, 6) is 0.0960. The Bertz CT molecular complexity index is 234. The molecule has 0 saturated carbocycles. The van der Waals surface area contributed by atoms with Gasteiger partial charge in [0.15, 0.2) is 11.6 Å². The molecule has 0 atom stereocenters. The minimum Gasteiger partial charge on any atom is -0.407 e. The molecule has 0 aromatic rings. The summed E-state index contributed by atoms with van der Waals surface area (Å²) in [6, 6.07) is 0. The predicted octanol–water partition coefficient (Wildman–Crippen LogP) is 1.26. The molecular formula is C7H9NO2. The van der Waals surface area contributed by atoms with Crippen molar-refractivity contribution in [1.82, 2.24) is 0 Å². The van der Waals surface area contributed by atoms with E-state index in [1.807, 2.05) is 13.8 Å². The van der Waals surface area contributed by atoms with Gasteiger partial charge in [0.2, 0.25) is 0 Å². The summed E-state index contributed by atoms with van der Waals surface area (Å²) in [6.45, 7) is 5.32. The molecule has 1 rings (SSSR count). The van der Waals surface area contributed by atoms with Crippen LogP contribution in [0.2, 0.25) is 0 Å². The summed E-state index contributed by atoms with van der Waals surface area (Å²) in [7, 11) is 0. The number of nitrogens with zero attached hydrogens (tertiary/aromatic N) is 1. The first-order chi connectivity index (χ1) is 4.61. The van der Waals surface area contributed by atoms with Crippen molar-refractivity contribution in [2.75, 3.05) is 0 Å². The first-order valence-electron chi connectivity index (χ1n) is 3.06. The van der Waals surface area contributed by atoms with Crippen LogP contribution in [0.5, 0.6) is 0 Å². The molecule has 1 aliphatic rings. The van der Waals surface area contributed by atoms with Crippen molar-refractivity contribution in [2.24, 2.45) is 4.99 Å². The van der Waals surface area contributed by atoms with Crippen molar-refractivity contribution >= 4 is 11.9 Å². The average Bonchev–Trinajstić information content (AvgIpc) is 2.10. The van der Waals surface area contributed by atoms with E-state index < -0.39 is 0 Å². The van der Waals surface area contributed by atoms with Crippen LogP contribution in [0.3, 0.4) is 0 Å². The molecule has 0 aromatic carbocycles. The number of aliphatic imine (C=N–C) groups is 1. The minimum absolute atomic E-state index is 0.336. The Morgan fingerprint density at radius 2 is 2.10 bits per heavy atom. The largest absolute Gasteiger partial charge is 0.407 e. The van der Waals surface area contributed by atoms with Crippen LogP contribution in [0, 0.1) is 0 Å². The van der Waals surface area contributed by atoms with E-state index in [1.54, 1.807) is 6.92 Å². The Kier molecular flexibility index (Phi) is 1.57. The lowest BCUT2D eigenvalue weighted by atomic mass is 10.3. The van der Waals surface area contributed by atoms with Gasteiger partial charge in [-0.1, -0.05) is 0 Å². The summed E-state index contributed by atoms with van der Waals surface area (Å²) >= 11 is 0. The van der Waals surface area contributed by atoms with E-state index in [0.717, 1.165) is 5.57 Å². The first kappa shape index (κ1) is 6.99. The second kappa shape index (κ2) is 2.25. The van der Waals surface area contributed by atoms with E-state index in [2.05, 4.69) is 9.73 Å². The third-order valence-corrected chi connectivity index (χ3v) is 1.18. The van der Waals surface area contributed by atoms with Crippen molar-refractivity contribution in [1.29, 1.82) is 0 Å². The van der Waals surface area contributed by atoms with Crippen LogP contribution >= 0.6 is 0 Å². The first-order valence-corrected chi connectivity index (χ1v) is 3.06. The molecule has 0 fully saturated rings. The predicted molar refractivity (Wildman–Crippen MR) is 37.6 cm³/mol. The zero-order valence-corrected chi connectivity index (χ0v) is 6.26. The van der Waals surface area contributed by atoms with Crippen molar-refractivity contribution in [3.05, 3.63) is 11.3 Å². The molecule has 0 amide bonds. The highest BCUT2D eigenvalue weighted by Gasteiger charge is 2.20.